The second-order valence-electron chi connectivity index (χ2n) is 9.13. The minimum atomic E-state index is -4.62. The van der Waals surface area contributed by atoms with Gasteiger partial charge in [0.15, 0.2) is 0 Å². The lowest BCUT2D eigenvalue weighted by Crippen LogP contribution is -2.53. The van der Waals surface area contributed by atoms with Crippen molar-refractivity contribution in [3.8, 4) is 17.2 Å². The van der Waals surface area contributed by atoms with Gasteiger partial charge in [0.1, 0.15) is 0 Å². The van der Waals surface area contributed by atoms with Gasteiger partial charge in [-0.15, -0.1) is 0 Å². The summed E-state index contributed by atoms with van der Waals surface area (Å²) in [5.41, 5.74) is 2.83. The van der Waals surface area contributed by atoms with Crippen molar-refractivity contribution in [3.05, 3.63) is 95.2 Å². The summed E-state index contributed by atoms with van der Waals surface area (Å²) >= 11 is 0. The summed E-state index contributed by atoms with van der Waals surface area (Å²) in [6, 6.07) is 19.4. The van der Waals surface area contributed by atoms with Gasteiger partial charge in [0.25, 0.3) is 0 Å². The van der Waals surface area contributed by atoms with E-state index < -0.39 is 23.8 Å². The van der Waals surface area contributed by atoms with Crippen molar-refractivity contribution in [3.63, 3.8) is 0 Å². The summed E-state index contributed by atoms with van der Waals surface area (Å²) < 4.78 is 45.7. The highest BCUT2D eigenvalue weighted by Crippen LogP contribution is 2.38. The second-order valence-corrected chi connectivity index (χ2v) is 9.13. The Morgan fingerprint density at radius 1 is 1.05 bits per heavy atom. The molecule has 3 aromatic carbocycles. The molecule has 0 saturated carbocycles. The Balaban J connectivity index is 1.83. The number of alkyl halides is 3. The van der Waals surface area contributed by atoms with Gasteiger partial charge in [-0.2, -0.15) is 18.4 Å². The number of urea groups is 2. The molecule has 3 aromatic rings. The van der Waals surface area contributed by atoms with Gasteiger partial charge in [0.2, 0.25) is 0 Å². The van der Waals surface area contributed by atoms with E-state index in [1.165, 1.54) is 19.2 Å². The van der Waals surface area contributed by atoms with Gasteiger partial charge in [-0.1, -0.05) is 42.5 Å². The second kappa shape index (κ2) is 12.1. The number of hydrogen-bond donors (Lipinski definition) is 1. The van der Waals surface area contributed by atoms with E-state index in [1.807, 2.05) is 24.3 Å². The molecular weight excluding hydrogens is 521 g/mol. The summed E-state index contributed by atoms with van der Waals surface area (Å²) in [6.45, 7) is 2.22. The van der Waals surface area contributed by atoms with E-state index in [4.69, 9.17) is 4.74 Å². The Morgan fingerprint density at radius 2 is 1.75 bits per heavy atom. The molecule has 0 radical (unpaired) electrons. The summed E-state index contributed by atoms with van der Waals surface area (Å²) in [5, 5.41) is 11.9. The number of benzene rings is 3. The first kappa shape index (κ1) is 28.4. The third-order valence-corrected chi connectivity index (χ3v) is 6.57. The molecule has 0 aromatic heterocycles. The van der Waals surface area contributed by atoms with E-state index in [0.29, 0.717) is 35.4 Å². The van der Waals surface area contributed by atoms with Gasteiger partial charge in [-0.05, 0) is 65.9 Å². The van der Waals surface area contributed by atoms with Gasteiger partial charge >= 0.3 is 18.2 Å². The number of hydrogen-bond acceptors (Lipinski definition) is 4. The van der Waals surface area contributed by atoms with Crippen LogP contribution >= 0.6 is 0 Å². The molecule has 0 bridgehead atoms. The molecule has 4 amide bonds. The van der Waals surface area contributed by atoms with Crippen molar-refractivity contribution < 1.29 is 27.5 Å². The third-order valence-electron chi connectivity index (χ3n) is 6.57. The molecule has 0 atom stereocenters. The van der Waals surface area contributed by atoms with Crippen LogP contribution < -0.4 is 10.2 Å². The summed E-state index contributed by atoms with van der Waals surface area (Å²) in [7, 11) is 1.54. The number of halogens is 3. The van der Waals surface area contributed by atoms with Crippen molar-refractivity contribution >= 4 is 23.3 Å². The van der Waals surface area contributed by atoms with E-state index in [1.54, 1.807) is 31.2 Å². The number of carbonyl (C=O) groups excluding carboxylic acids is 2. The van der Waals surface area contributed by atoms with Crippen LogP contribution in [0.4, 0.5) is 28.4 Å². The van der Waals surface area contributed by atoms with Gasteiger partial charge in [0.05, 0.1) is 29.4 Å². The number of nitriles is 1. The molecule has 1 N–H and O–H groups in total. The molecule has 10 heteroatoms. The predicted octanol–water partition coefficient (Wildman–Crippen LogP) is 6.66. The van der Waals surface area contributed by atoms with Gasteiger partial charge in [0, 0.05) is 26.0 Å². The zero-order valence-corrected chi connectivity index (χ0v) is 22.0. The van der Waals surface area contributed by atoms with Crippen LogP contribution in [-0.4, -0.2) is 43.8 Å². The zero-order chi connectivity index (χ0) is 28.9. The number of rotatable bonds is 7. The smallest absolute Gasteiger partial charge is 0.385 e. The molecule has 4 rings (SSSR count). The van der Waals surface area contributed by atoms with Crippen LogP contribution in [0.3, 0.4) is 0 Å². The summed E-state index contributed by atoms with van der Waals surface area (Å²) in [5.74, 6) is 0. The van der Waals surface area contributed by atoms with Crippen LogP contribution in [0.5, 0.6) is 0 Å². The average molecular weight is 549 g/mol. The maximum atomic E-state index is 13.7. The predicted molar refractivity (Wildman–Crippen MR) is 145 cm³/mol. The van der Waals surface area contributed by atoms with E-state index in [9.17, 15) is 28.0 Å². The molecule has 0 saturated heterocycles. The van der Waals surface area contributed by atoms with Crippen molar-refractivity contribution in [2.45, 2.75) is 19.5 Å². The van der Waals surface area contributed by atoms with Crippen LogP contribution in [-0.2, 0) is 10.9 Å². The zero-order valence-electron chi connectivity index (χ0n) is 22.0. The average Bonchev–Trinajstić information content (AvgIpc) is 2.95. The Bertz CT molecular complexity index is 1480. The number of allylic oxidation sites excluding steroid dienone is 1. The Labute approximate surface area is 230 Å². The van der Waals surface area contributed by atoms with Crippen molar-refractivity contribution in [1.29, 1.82) is 5.26 Å². The fraction of sp³-hybridized carbons (Fsp3) is 0.233. The largest absolute Gasteiger partial charge is 0.416 e. The quantitative estimate of drug-likeness (QED) is 0.335. The molecule has 0 fully saturated rings. The summed E-state index contributed by atoms with van der Waals surface area (Å²) in [6.07, 6.45) is -4.10. The highest BCUT2D eigenvalue weighted by Gasteiger charge is 2.37. The van der Waals surface area contributed by atoms with E-state index in [2.05, 4.69) is 11.4 Å². The minimum absolute atomic E-state index is 0.0115. The number of imide groups is 1. The molecule has 1 aliphatic rings. The van der Waals surface area contributed by atoms with E-state index in [-0.39, 0.29) is 18.8 Å². The van der Waals surface area contributed by atoms with Crippen LogP contribution in [0.2, 0.25) is 0 Å². The maximum absolute atomic E-state index is 13.7. The number of methoxy groups -OCH3 is 1. The van der Waals surface area contributed by atoms with Gasteiger partial charge in [-0.25, -0.2) is 14.5 Å². The molecule has 0 spiro atoms. The van der Waals surface area contributed by atoms with Crippen molar-refractivity contribution in [1.82, 2.24) is 10.2 Å². The standard InChI is InChI=1S/C30H27F3N4O3/c1-20-27(26-10-4-3-9-25(26)22-13-11-21(18-34)12-14-22)19-36(28(38)35-15-6-16-40-2)29(39)37(20)24-8-5-7-23(17-24)30(31,32)33/h3-5,7-14,17H,6,15-16,19H2,1-2H3,(H,35,38). The summed E-state index contributed by atoms with van der Waals surface area (Å²) in [4.78, 5) is 29.0. The topological polar surface area (TPSA) is 85.7 Å². The van der Waals surface area contributed by atoms with Crippen LogP contribution in [0.15, 0.2) is 78.5 Å². The number of nitrogens with one attached hydrogen (secondary N) is 1. The molecule has 40 heavy (non-hydrogen) atoms. The van der Waals surface area contributed by atoms with Crippen LogP contribution in [0.1, 0.15) is 30.0 Å². The first-order chi connectivity index (χ1) is 19.2. The van der Waals surface area contributed by atoms with Gasteiger partial charge < -0.3 is 10.1 Å². The number of anilines is 1. The van der Waals surface area contributed by atoms with E-state index >= 15 is 0 Å². The third kappa shape index (κ3) is 6.00. The Morgan fingerprint density at radius 3 is 2.40 bits per heavy atom. The lowest BCUT2D eigenvalue weighted by molar-refractivity contribution is -0.137. The van der Waals surface area contributed by atoms with E-state index in [0.717, 1.165) is 33.1 Å². The van der Waals surface area contributed by atoms with Crippen LogP contribution in [0, 0.1) is 11.3 Å². The van der Waals surface area contributed by atoms with Gasteiger partial charge in [-0.3, -0.25) is 4.90 Å². The fourth-order valence-electron chi connectivity index (χ4n) is 4.53. The molecule has 1 aliphatic heterocycles. The molecule has 0 unspecified atom stereocenters. The normalized spacial score (nSPS) is 13.8. The highest BCUT2D eigenvalue weighted by atomic mass is 19.4. The van der Waals surface area contributed by atoms with Crippen LogP contribution in [0.25, 0.3) is 16.7 Å². The van der Waals surface area contributed by atoms with Crippen molar-refractivity contribution in [2.75, 3.05) is 31.7 Å². The first-order valence-electron chi connectivity index (χ1n) is 12.5. The Hall–Kier alpha value is -4.62. The number of amides is 4. The lowest BCUT2D eigenvalue weighted by atomic mass is 9.91. The van der Waals surface area contributed by atoms with Crippen molar-refractivity contribution in [2.24, 2.45) is 0 Å². The number of carbonyl (C=O) groups is 2. The maximum Gasteiger partial charge on any atom is 0.416 e. The monoisotopic (exact) mass is 548 g/mol. The molecule has 0 aliphatic carbocycles. The fourth-order valence-corrected chi connectivity index (χ4v) is 4.53. The molecule has 7 nitrogen and oxygen atoms in total. The SMILES string of the molecule is COCCCNC(=O)N1CC(c2ccccc2-c2ccc(C#N)cc2)=C(C)N(c2cccc(C(F)(F)F)c2)C1=O. The number of nitrogens with zero attached hydrogens (tertiary/aromatic N) is 3. The number of ether oxygens (including phenoxy) is 1. The molecule has 206 valence electrons. The molecule has 1 heterocycles. The first-order valence-corrected chi connectivity index (χ1v) is 12.5. The minimum Gasteiger partial charge on any atom is -0.385 e. The Kier molecular flexibility index (Phi) is 8.55. The lowest BCUT2D eigenvalue weighted by Gasteiger charge is -2.37. The highest BCUT2D eigenvalue weighted by molar-refractivity contribution is 6.09. The molecular formula is C30H27F3N4O3.